The van der Waals surface area contributed by atoms with Gasteiger partial charge in [0.2, 0.25) is 0 Å². The van der Waals surface area contributed by atoms with Crippen molar-refractivity contribution in [3.05, 3.63) is 97.4 Å². The Bertz CT molecular complexity index is 3690. The van der Waals surface area contributed by atoms with Gasteiger partial charge in [-0.1, -0.05) is 0 Å². The molecule has 40 heteroatoms. The first-order valence-electron chi connectivity index (χ1n) is 26.0. The van der Waals surface area contributed by atoms with Gasteiger partial charge >= 0.3 is 31.1 Å². The summed E-state index contributed by atoms with van der Waals surface area (Å²) in [6.45, 7) is -7.13. The second-order valence-corrected chi connectivity index (χ2v) is 26.3. The molecule has 0 saturated carbocycles. The van der Waals surface area contributed by atoms with Crippen molar-refractivity contribution >= 4 is 76.7 Å². The number of nitrogens with one attached hydrogen (secondary N) is 2. The number of anilines is 2. The van der Waals surface area contributed by atoms with Crippen LogP contribution in [0.15, 0.2) is 74.9 Å². The van der Waals surface area contributed by atoms with E-state index in [0.29, 0.717) is 39.4 Å². The summed E-state index contributed by atoms with van der Waals surface area (Å²) in [4.78, 5) is 95.6. The van der Waals surface area contributed by atoms with Crippen molar-refractivity contribution in [3.8, 4) is 0 Å². The van der Waals surface area contributed by atoms with Crippen molar-refractivity contribution in [1.82, 2.24) is 53.2 Å². The highest BCUT2D eigenvalue weighted by atomic mass is 32.7. The number of imidazole rings is 2. The highest BCUT2D eigenvalue weighted by molar-refractivity contribution is 8.55. The van der Waals surface area contributed by atoms with Crippen LogP contribution in [0.2, 0.25) is 0 Å². The number of fused-ring (bicyclic) bond motifs is 2. The lowest BCUT2D eigenvalue weighted by atomic mass is 10.1. The molecule has 0 spiro atoms. The quantitative estimate of drug-likeness (QED) is 0.0224. The number of nitrogens with two attached hydrogens (primary N) is 2. The van der Waals surface area contributed by atoms with Crippen LogP contribution in [-0.4, -0.2) is 198 Å². The lowest BCUT2D eigenvalue weighted by Gasteiger charge is -2.28. The molecule has 0 aromatic carbocycles. The van der Waals surface area contributed by atoms with E-state index in [9.17, 15) is 53.9 Å². The number of nitrogen functional groups attached to an aromatic ring is 2. The number of aromatic nitrogens is 11. The van der Waals surface area contributed by atoms with Crippen LogP contribution in [0.1, 0.15) is 51.6 Å². The molecule has 6 aromatic heterocycles. The third-order valence-electron chi connectivity index (χ3n) is 13.7. The minimum atomic E-state index is -4.37. The van der Waals surface area contributed by atoms with Crippen LogP contribution >= 0.6 is 24.9 Å². The van der Waals surface area contributed by atoms with Gasteiger partial charge in [-0.05, 0) is 31.7 Å². The van der Waals surface area contributed by atoms with Crippen LogP contribution < -0.4 is 34.0 Å². The molecule has 10 rings (SSSR count). The summed E-state index contributed by atoms with van der Waals surface area (Å²) in [7, 11) is 2.60. The zero-order chi connectivity index (χ0) is 61.8. The Morgan fingerprint density at radius 3 is 1.78 bits per heavy atom. The maximum Gasteiger partial charge on any atom is 0.509 e. The largest absolute Gasteiger partial charge is 0.509 e. The van der Waals surface area contributed by atoms with Crippen LogP contribution in [0.3, 0.4) is 0 Å². The molecule has 4 saturated heterocycles. The summed E-state index contributed by atoms with van der Waals surface area (Å²) in [6, 6.07) is 3.82. The lowest BCUT2D eigenvalue weighted by Crippen LogP contribution is -2.40. The minimum Gasteiger partial charge on any atom is -0.432 e. The highest BCUT2D eigenvalue weighted by Crippen LogP contribution is 2.63. The van der Waals surface area contributed by atoms with Gasteiger partial charge in [-0.25, -0.2) is 43.9 Å². The molecule has 6 unspecified atom stereocenters. The fraction of sp³-hybridized carbons (Fsp3) is 0.565. The Balaban J connectivity index is 0.000000209. The number of hydrogen-bond acceptors (Lipinski definition) is 31. The van der Waals surface area contributed by atoms with E-state index in [-0.39, 0.29) is 25.3 Å². The predicted molar refractivity (Wildman–Crippen MR) is 298 cm³/mol. The van der Waals surface area contributed by atoms with Gasteiger partial charge in [0.15, 0.2) is 35.5 Å². The maximum absolute atomic E-state index is 14.2. The SMILES string of the molecule is CO[C@H]1C(OP(=O)(OC[C@H]2O[C@@H](n3cnc4c(N)ccnc43)CC2O)SCOC(=O)OC(C)C)[C@@H](CO)O[C@H]1n1ccc(=O)[nH]c1=O.CO[C@H]1C(OP(O)(=S)OC[C@H]2O[C@@H](n3cnc4c(N)ncnc43)CC2O)[C@@H](CO)O[C@H]1n1ccc(=O)[nH]c1=O. The Kier molecular flexibility index (Phi) is 20.7. The fourth-order valence-electron chi connectivity index (χ4n) is 9.62. The molecule has 36 nitrogen and oxygen atoms in total. The van der Waals surface area contributed by atoms with E-state index in [1.54, 1.807) is 29.0 Å². The molecule has 0 bridgehead atoms. The van der Waals surface area contributed by atoms with E-state index in [2.05, 4.69) is 34.9 Å². The van der Waals surface area contributed by atoms with Gasteiger partial charge in [0.25, 0.3) is 11.1 Å². The summed E-state index contributed by atoms with van der Waals surface area (Å²) in [5.74, 6) is -0.333. The first kappa shape index (κ1) is 64.5. The topological polar surface area (TPSA) is 482 Å². The fourth-order valence-corrected chi connectivity index (χ4v) is 13.8. The molecule has 6 aromatic rings. The van der Waals surface area contributed by atoms with Crippen LogP contribution in [0.4, 0.5) is 16.3 Å². The summed E-state index contributed by atoms with van der Waals surface area (Å²) in [5.41, 5.74) is 11.1. The number of rotatable bonds is 22. The molecular weight excluding hydrogens is 1230 g/mol. The molecular formula is C46H61N13O23P2S2. The molecule has 0 amide bonds. The Morgan fingerprint density at radius 1 is 0.733 bits per heavy atom. The van der Waals surface area contributed by atoms with E-state index in [4.69, 9.17) is 79.3 Å². The van der Waals surface area contributed by atoms with Crippen molar-refractivity contribution in [2.24, 2.45) is 0 Å². The predicted octanol–water partition coefficient (Wildman–Crippen LogP) is -0.991. The second kappa shape index (κ2) is 27.6. The first-order chi connectivity index (χ1) is 41.0. The minimum absolute atomic E-state index is 0.114. The number of pyridine rings is 1. The number of aromatic amines is 2. The van der Waals surface area contributed by atoms with Crippen LogP contribution in [0.5, 0.6) is 0 Å². The molecule has 10 heterocycles. The molecule has 4 fully saturated rings. The molecule has 86 heavy (non-hydrogen) atoms. The summed E-state index contributed by atoms with van der Waals surface area (Å²) in [5, 5.41) is 41.3. The van der Waals surface area contributed by atoms with Crippen molar-refractivity contribution < 1.29 is 90.7 Å². The summed E-state index contributed by atoms with van der Waals surface area (Å²) in [6.07, 6.45) is -7.55. The Hall–Kier alpha value is -5.97. The van der Waals surface area contributed by atoms with E-state index in [0.717, 1.165) is 21.3 Å². The smallest absolute Gasteiger partial charge is 0.432 e. The normalized spacial score (nSPS) is 28.8. The maximum atomic E-state index is 14.2. The molecule has 0 aliphatic carbocycles. The number of aliphatic hydroxyl groups is 4. The number of ether oxygens (including phenoxy) is 8. The number of hydrogen-bond donors (Lipinski definition) is 9. The monoisotopic (exact) mass is 1290 g/mol. The molecule has 16 atom stereocenters. The Labute approximate surface area is 493 Å². The molecule has 0 radical (unpaired) electrons. The van der Waals surface area contributed by atoms with E-state index >= 15 is 0 Å². The average Bonchev–Trinajstić information content (AvgIpc) is 2.12. The number of nitrogens with zero attached hydrogens (tertiary/aromatic N) is 9. The van der Waals surface area contributed by atoms with E-state index in [1.807, 2.05) is 0 Å². The number of aliphatic hydroxyl groups excluding tert-OH is 4. The third-order valence-corrected chi connectivity index (χ3v) is 18.6. The summed E-state index contributed by atoms with van der Waals surface area (Å²) >= 11 is 5.65. The van der Waals surface area contributed by atoms with Crippen LogP contribution in [0.25, 0.3) is 22.3 Å². The number of H-pyrrole nitrogens is 2. The molecule has 11 N–H and O–H groups in total. The van der Waals surface area contributed by atoms with E-state index in [1.165, 1.54) is 51.8 Å². The van der Waals surface area contributed by atoms with E-state index < -0.39 is 160 Å². The molecule has 4 aliphatic heterocycles. The van der Waals surface area contributed by atoms with Gasteiger partial charge in [0.1, 0.15) is 78.6 Å². The summed E-state index contributed by atoms with van der Waals surface area (Å²) < 4.78 is 86.8. The number of carbonyl (C=O) groups is 1. The van der Waals surface area contributed by atoms with Crippen molar-refractivity contribution in [3.63, 3.8) is 0 Å². The van der Waals surface area contributed by atoms with Crippen molar-refractivity contribution in [2.75, 3.05) is 58.1 Å². The zero-order valence-corrected chi connectivity index (χ0v) is 49.2. The molecule has 4 aliphatic rings. The van der Waals surface area contributed by atoms with Crippen molar-refractivity contribution in [1.29, 1.82) is 0 Å². The standard InChI is InChI=1S/C26H35N6O13PS.C20H26N7O10PS/c1-13(2)42-26(37)40-12-47-46(38,45-21-16(9-33)44-24(22(21)39-3)31-7-5-18(35)30-25(31)36)41-10-17-15(34)8-19(43-17)32-11-29-20-14(27)4-6-28-23(20)32;1-33-16-15(10(5-28)36-19(16)26-3-2-12(30)25-20(26)31)37-38(32,39)34-6-11-9(29)4-13(35-11)27-8-24-14-17(21)22-7-23-18(14)27/h4-7,11,13,15-17,19,21-22,24,33-34H,8-10,12H2,1-3H3,(H2,27,28)(H,30,35,36);2-3,7-11,13,15-16,19,28-29H,4-6H2,1H3,(H,32,39)(H2,21,22,23)(H,25,30,31)/t15?,16-,17-,19-,21?,22+,24-,46?;9?,10-,11-,13-,15?,16+,19-,38?/m11/s1. The van der Waals surface area contributed by atoms with Gasteiger partial charge in [-0.2, -0.15) is 0 Å². The number of carbonyl (C=O) groups excluding carboxylic acids is 1. The Morgan fingerprint density at radius 2 is 1.26 bits per heavy atom. The lowest BCUT2D eigenvalue weighted by molar-refractivity contribution is -0.0625. The first-order valence-corrected chi connectivity index (χ1v) is 31.7. The highest BCUT2D eigenvalue weighted by Gasteiger charge is 2.52. The van der Waals surface area contributed by atoms with Gasteiger partial charge in [0, 0.05) is 69.2 Å². The number of methoxy groups -OCH3 is 2. The van der Waals surface area contributed by atoms with Gasteiger partial charge in [-0.3, -0.25) is 51.4 Å². The van der Waals surface area contributed by atoms with Gasteiger partial charge < -0.3 is 79.2 Å². The second-order valence-electron chi connectivity index (χ2n) is 19.6. The third kappa shape index (κ3) is 14.4. The zero-order valence-electron chi connectivity index (χ0n) is 45.8. The van der Waals surface area contributed by atoms with Crippen LogP contribution in [0, 0.1) is 0 Å². The molecule has 470 valence electrons. The van der Waals surface area contributed by atoms with Crippen LogP contribution in [-0.2, 0) is 72.4 Å². The van der Waals surface area contributed by atoms with Gasteiger partial charge in [0.05, 0.1) is 63.1 Å². The van der Waals surface area contributed by atoms with Gasteiger partial charge in [-0.15, -0.1) is 0 Å². The average molecular weight is 1290 g/mol. The van der Waals surface area contributed by atoms with Crippen molar-refractivity contribution in [2.45, 2.75) is 119 Å².